The second-order valence-electron chi connectivity index (χ2n) is 3.30. The maximum absolute atomic E-state index is 12.6. The minimum atomic E-state index is -0.830. The van der Waals surface area contributed by atoms with Gasteiger partial charge in [0, 0.05) is 6.04 Å². The first-order valence-corrected chi connectivity index (χ1v) is 4.11. The van der Waals surface area contributed by atoms with Crippen LogP contribution in [0.4, 0.5) is 4.39 Å². The number of hydrogen-bond acceptors (Lipinski definition) is 1. The molecule has 1 rings (SSSR count). The standard InChI is InChI=1S/C8H16FN/c1-6(9)8(10)7-4-2-3-5-7/h6-8H,2-5,10H2,1H3. The predicted octanol–water partition coefficient (Wildman–Crippen LogP) is 1.86. The van der Waals surface area contributed by atoms with E-state index in [1.54, 1.807) is 6.92 Å². The van der Waals surface area contributed by atoms with E-state index < -0.39 is 6.17 Å². The first-order valence-electron chi connectivity index (χ1n) is 4.11. The van der Waals surface area contributed by atoms with Gasteiger partial charge < -0.3 is 5.73 Å². The average molecular weight is 145 g/mol. The maximum atomic E-state index is 12.6. The molecule has 0 aromatic carbocycles. The van der Waals surface area contributed by atoms with Crippen LogP contribution >= 0.6 is 0 Å². The van der Waals surface area contributed by atoms with E-state index in [-0.39, 0.29) is 6.04 Å². The SMILES string of the molecule is CC(F)C(N)C1CCCC1. The molecule has 2 N–H and O–H groups in total. The van der Waals surface area contributed by atoms with Gasteiger partial charge in [-0.15, -0.1) is 0 Å². The molecule has 1 aliphatic rings. The van der Waals surface area contributed by atoms with Crippen molar-refractivity contribution < 1.29 is 4.39 Å². The van der Waals surface area contributed by atoms with Crippen LogP contribution in [0.1, 0.15) is 32.6 Å². The Morgan fingerprint density at radius 3 is 2.30 bits per heavy atom. The molecule has 2 unspecified atom stereocenters. The first-order chi connectivity index (χ1) is 4.72. The van der Waals surface area contributed by atoms with Crippen LogP contribution in [-0.4, -0.2) is 12.2 Å². The number of hydrogen-bond donors (Lipinski definition) is 1. The summed E-state index contributed by atoms with van der Waals surface area (Å²) in [5.41, 5.74) is 5.65. The van der Waals surface area contributed by atoms with Gasteiger partial charge in [0.15, 0.2) is 0 Å². The van der Waals surface area contributed by atoms with E-state index in [0.717, 1.165) is 12.8 Å². The van der Waals surface area contributed by atoms with E-state index in [1.807, 2.05) is 0 Å². The number of halogens is 1. The Hall–Kier alpha value is -0.110. The normalized spacial score (nSPS) is 26.7. The Balaban J connectivity index is 2.32. The molecule has 2 heteroatoms. The summed E-state index contributed by atoms with van der Waals surface area (Å²) < 4.78 is 12.6. The third-order valence-corrected chi connectivity index (χ3v) is 2.47. The number of alkyl halides is 1. The predicted molar refractivity (Wildman–Crippen MR) is 40.5 cm³/mol. The molecule has 0 amide bonds. The van der Waals surface area contributed by atoms with Gasteiger partial charge in [0.1, 0.15) is 6.17 Å². The number of nitrogens with two attached hydrogens (primary N) is 1. The van der Waals surface area contributed by atoms with E-state index >= 15 is 0 Å². The first kappa shape index (κ1) is 7.99. The van der Waals surface area contributed by atoms with Crippen LogP contribution in [-0.2, 0) is 0 Å². The fourth-order valence-electron chi connectivity index (χ4n) is 1.72. The summed E-state index contributed by atoms with van der Waals surface area (Å²) in [7, 11) is 0. The maximum Gasteiger partial charge on any atom is 0.113 e. The van der Waals surface area contributed by atoms with Crippen molar-refractivity contribution in [3.63, 3.8) is 0 Å². The number of rotatable bonds is 2. The topological polar surface area (TPSA) is 26.0 Å². The highest BCUT2D eigenvalue weighted by molar-refractivity contribution is 4.81. The lowest BCUT2D eigenvalue weighted by atomic mass is 9.96. The zero-order valence-corrected chi connectivity index (χ0v) is 6.52. The molecule has 0 aromatic heterocycles. The molecule has 0 radical (unpaired) electrons. The van der Waals surface area contributed by atoms with Crippen molar-refractivity contribution in [2.45, 2.75) is 44.8 Å². The van der Waals surface area contributed by atoms with Crippen LogP contribution in [0, 0.1) is 5.92 Å². The van der Waals surface area contributed by atoms with E-state index in [0.29, 0.717) is 5.92 Å². The Labute approximate surface area is 61.8 Å². The van der Waals surface area contributed by atoms with Crippen LogP contribution in [0.2, 0.25) is 0 Å². The van der Waals surface area contributed by atoms with Crippen LogP contribution in [0.3, 0.4) is 0 Å². The third-order valence-electron chi connectivity index (χ3n) is 2.47. The van der Waals surface area contributed by atoms with Gasteiger partial charge in [-0.2, -0.15) is 0 Å². The van der Waals surface area contributed by atoms with Crippen LogP contribution in [0.15, 0.2) is 0 Å². The molecule has 0 bridgehead atoms. The fraction of sp³-hybridized carbons (Fsp3) is 1.00. The summed E-state index contributed by atoms with van der Waals surface area (Å²) in [6.45, 7) is 1.56. The lowest BCUT2D eigenvalue weighted by Crippen LogP contribution is -2.36. The van der Waals surface area contributed by atoms with Crippen molar-refractivity contribution in [3.05, 3.63) is 0 Å². The highest BCUT2D eigenvalue weighted by Crippen LogP contribution is 2.28. The summed E-state index contributed by atoms with van der Waals surface area (Å²) in [5, 5.41) is 0. The zero-order valence-electron chi connectivity index (χ0n) is 6.52. The highest BCUT2D eigenvalue weighted by Gasteiger charge is 2.25. The summed E-state index contributed by atoms with van der Waals surface area (Å²) in [5.74, 6) is 0.458. The molecule has 0 saturated heterocycles. The molecular formula is C8H16FN. The molecule has 1 fully saturated rings. The summed E-state index contributed by atoms with van der Waals surface area (Å²) in [4.78, 5) is 0. The smallest absolute Gasteiger partial charge is 0.113 e. The van der Waals surface area contributed by atoms with E-state index in [9.17, 15) is 4.39 Å². The Morgan fingerprint density at radius 2 is 1.90 bits per heavy atom. The van der Waals surface area contributed by atoms with Gasteiger partial charge in [0.2, 0.25) is 0 Å². The molecule has 1 aliphatic carbocycles. The second kappa shape index (κ2) is 3.33. The fourth-order valence-corrected chi connectivity index (χ4v) is 1.72. The van der Waals surface area contributed by atoms with Gasteiger partial charge in [-0.05, 0) is 25.7 Å². The molecule has 10 heavy (non-hydrogen) atoms. The monoisotopic (exact) mass is 145 g/mol. The van der Waals surface area contributed by atoms with Crippen molar-refractivity contribution in [1.29, 1.82) is 0 Å². The second-order valence-corrected chi connectivity index (χ2v) is 3.30. The van der Waals surface area contributed by atoms with E-state index in [1.165, 1.54) is 12.8 Å². The van der Waals surface area contributed by atoms with Gasteiger partial charge >= 0.3 is 0 Å². The molecular weight excluding hydrogens is 129 g/mol. The van der Waals surface area contributed by atoms with E-state index in [2.05, 4.69) is 0 Å². The molecule has 1 saturated carbocycles. The quantitative estimate of drug-likeness (QED) is 0.630. The largest absolute Gasteiger partial charge is 0.325 e. The Kier molecular flexibility index (Phi) is 2.66. The molecule has 2 atom stereocenters. The molecule has 60 valence electrons. The molecule has 1 nitrogen and oxygen atoms in total. The summed E-state index contributed by atoms with van der Waals surface area (Å²) in [6.07, 6.45) is 3.92. The summed E-state index contributed by atoms with van der Waals surface area (Å²) >= 11 is 0. The van der Waals surface area contributed by atoms with Crippen molar-refractivity contribution in [2.75, 3.05) is 0 Å². The average Bonchev–Trinajstić information content (AvgIpc) is 2.36. The Bertz CT molecular complexity index is 97.4. The van der Waals surface area contributed by atoms with Gasteiger partial charge in [0.25, 0.3) is 0 Å². The van der Waals surface area contributed by atoms with Crippen molar-refractivity contribution in [3.8, 4) is 0 Å². The van der Waals surface area contributed by atoms with Crippen molar-refractivity contribution in [1.82, 2.24) is 0 Å². The summed E-state index contributed by atoms with van der Waals surface area (Å²) in [6, 6.07) is -0.206. The Morgan fingerprint density at radius 1 is 1.40 bits per heavy atom. The lowest BCUT2D eigenvalue weighted by molar-refractivity contribution is 0.246. The van der Waals surface area contributed by atoms with Crippen molar-refractivity contribution >= 4 is 0 Å². The minimum absolute atomic E-state index is 0.206. The third kappa shape index (κ3) is 1.69. The van der Waals surface area contributed by atoms with Crippen LogP contribution in [0.5, 0.6) is 0 Å². The molecule has 0 aromatic rings. The molecule has 0 aliphatic heterocycles. The van der Waals surface area contributed by atoms with Gasteiger partial charge in [0.05, 0.1) is 0 Å². The molecule has 0 heterocycles. The molecule has 0 spiro atoms. The zero-order chi connectivity index (χ0) is 7.56. The minimum Gasteiger partial charge on any atom is -0.325 e. The van der Waals surface area contributed by atoms with E-state index in [4.69, 9.17) is 5.73 Å². The van der Waals surface area contributed by atoms with Crippen molar-refractivity contribution in [2.24, 2.45) is 11.7 Å². The van der Waals surface area contributed by atoms with Gasteiger partial charge in [-0.1, -0.05) is 12.8 Å². The van der Waals surface area contributed by atoms with Crippen LogP contribution < -0.4 is 5.73 Å². The lowest BCUT2D eigenvalue weighted by Gasteiger charge is -2.19. The highest BCUT2D eigenvalue weighted by atomic mass is 19.1. The van der Waals surface area contributed by atoms with Crippen LogP contribution in [0.25, 0.3) is 0 Å². The van der Waals surface area contributed by atoms with Gasteiger partial charge in [-0.25, -0.2) is 4.39 Å². The van der Waals surface area contributed by atoms with Gasteiger partial charge in [-0.3, -0.25) is 0 Å².